The lowest BCUT2D eigenvalue weighted by Gasteiger charge is -2.09. The predicted molar refractivity (Wildman–Crippen MR) is 64.6 cm³/mol. The molecule has 98 valence electrons. The zero-order valence-electron chi connectivity index (χ0n) is 9.98. The van der Waals surface area contributed by atoms with Crippen LogP contribution in [0.4, 0.5) is 8.78 Å². The Bertz CT molecular complexity index is 639. The maximum Gasteiger partial charge on any atom is 0.335 e. The molecule has 0 spiro atoms. The number of carbonyl (C=O) groups is 1. The Morgan fingerprint density at radius 3 is 2.53 bits per heavy atom. The van der Waals surface area contributed by atoms with E-state index in [4.69, 9.17) is 9.84 Å². The molecule has 0 aliphatic heterocycles. The van der Waals surface area contributed by atoms with E-state index in [1.54, 1.807) is 6.92 Å². The molecular formula is C14H10F2O3. The lowest BCUT2D eigenvalue weighted by atomic mass is 10.2. The molecule has 2 rings (SSSR count). The molecule has 3 nitrogen and oxygen atoms in total. The van der Waals surface area contributed by atoms with Crippen molar-refractivity contribution in [3.8, 4) is 11.5 Å². The Labute approximate surface area is 108 Å². The van der Waals surface area contributed by atoms with Gasteiger partial charge in [0.2, 0.25) is 0 Å². The van der Waals surface area contributed by atoms with Crippen LogP contribution in [0, 0.1) is 18.6 Å². The van der Waals surface area contributed by atoms with Gasteiger partial charge < -0.3 is 9.84 Å². The van der Waals surface area contributed by atoms with Gasteiger partial charge in [0.1, 0.15) is 11.5 Å². The van der Waals surface area contributed by atoms with Crippen molar-refractivity contribution in [1.29, 1.82) is 0 Å². The minimum Gasteiger partial charge on any atom is -0.478 e. The van der Waals surface area contributed by atoms with Crippen LogP contribution in [0.5, 0.6) is 11.5 Å². The summed E-state index contributed by atoms with van der Waals surface area (Å²) in [7, 11) is 0. The van der Waals surface area contributed by atoms with Crippen molar-refractivity contribution in [2.45, 2.75) is 6.92 Å². The van der Waals surface area contributed by atoms with Crippen molar-refractivity contribution in [3.05, 3.63) is 59.2 Å². The van der Waals surface area contributed by atoms with Gasteiger partial charge in [-0.15, -0.1) is 0 Å². The highest BCUT2D eigenvalue weighted by Gasteiger charge is 2.10. The summed E-state index contributed by atoms with van der Waals surface area (Å²) in [5.74, 6) is -2.68. The summed E-state index contributed by atoms with van der Waals surface area (Å²) < 4.78 is 31.4. The maximum atomic E-state index is 13.1. The average Bonchev–Trinajstić information content (AvgIpc) is 2.36. The molecule has 0 saturated carbocycles. The first-order valence-electron chi connectivity index (χ1n) is 5.44. The second kappa shape index (κ2) is 5.06. The van der Waals surface area contributed by atoms with E-state index in [9.17, 15) is 13.6 Å². The van der Waals surface area contributed by atoms with Gasteiger partial charge in [0.25, 0.3) is 0 Å². The molecule has 0 saturated heterocycles. The van der Waals surface area contributed by atoms with E-state index >= 15 is 0 Å². The van der Waals surface area contributed by atoms with Crippen molar-refractivity contribution >= 4 is 5.97 Å². The standard InChI is InChI=1S/C14H10F2O3/c1-8-5-11(15)12(16)7-13(8)19-10-4-2-3-9(6-10)14(17)18/h2-7H,1H3,(H,17,18). The zero-order chi connectivity index (χ0) is 14.0. The highest BCUT2D eigenvalue weighted by molar-refractivity contribution is 5.88. The number of carboxylic acids is 1. The Kier molecular flexibility index (Phi) is 3.46. The number of aryl methyl sites for hydroxylation is 1. The predicted octanol–water partition coefficient (Wildman–Crippen LogP) is 3.76. The Morgan fingerprint density at radius 1 is 1.16 bits per heavy atom. The number of aromatic carboxylic acids is 1. The summed E-state index contributed by atoms with van der Waals surface area (Å²) in [5.41, 5.74) is 0.470. The molecule has 0 bridgehead atoms. The van der Waals surface area contributed by atoms with Gasteiger partial charge >= 0.3 is 5.97 Å². The smallest absolute Gasteiger partial charge is 0.335 e. The van der Waals surface area contributed by atoms with Crippen LogP contribution in [0.15, 0.2) is 36.4 Å². The second-order valence-electron chi connectivity index (χ2n) is 3.97. The topological polar surface area (TPSA) is 46.5 Å². The van der Waals surface area contributed by atoms with Crippen LogP contribution in [0.25, 0.3) is 0 Å². The second-order valence-corrected chi connectivity index (χ2v) is 3.97. The molecule has 0 radical (unpaired) electrons. The summed E-state index contributed by atoms with van der Waals surface area (Å²) in [6, 6.07) is 7.71. The molecule has 0 aromatic heterocycles. The molecular weight excluding hydrogens is 254 g/mol. The number of ether oxygens (including phenoxy) is 1. The fourth-order valence-corrected chi connectivity index (χ4v) is 1.56. The first kappa shape index (κ1) is 13.0. The van der Waals surface area contributed by atoms with Crippen LogP contribution in [-0.2, 0) is 0 Å². The van der Waals surface area contributed by atoms with Crippen molar-refractivity contribution < 1.29 is 23.4 Å². The minimum atomic E-state index is -1.09. The van der Waals surface area contributed by atoms with Crippen LogP contribution in [-0.4, -0.2) is 11.1 Å². The summed E-state index contributed by atoms with van der Waals surface area (Å²) in [4.78, 5) is 10.8. The average molecular weight is 264 g/mol. The van der Waals surface area contributed by atoms with Gasteiger partial charge in [-0.05, 0) is 36.8 Å². The number of hydrogen-bond donors (Lipinski definition) is 1. The summed E-state index contributed by atoms with van der Waals surface area (Å²) in [6.07, 6.45) is 0. The Balaban J connectivity index is 2.33. The SMILES string of the molecule is Cc1cc(F)c(F)cc1Oc1cccc(C(=O)O)c1. The molecule has 2 aromatic carbocycles. The van der Waals surface area contributed by atoms with Crippen LogP contribution in [0.1, 0.15) is 15.9 Å². The number of carboxylic acid groups (broad SMARTS) is 1. The first-order valence-corrected chi connectivity index (χ1v) is 5.44. The number of hydrogen-bond acceptors (Lipinski definition) is 2. The number of benzene rings is 2. The fourth-order valence-electron chi connectivity index (χ4n) is 1.56. The third-order valence-corrected chi connectivity index (χ3v) is 2.53. The fraction of sp³-hybridized carbons (Fsp3) is 0.0714. The van der Waals surface area contributed by atoms with Crippen molar-refractivity contribution in [3.63, 3.8) is 0 Å². The Morgan fingerprint density at radius 2 is 1.84 bits per heavy atom. The number of halogens is 2. The Hall–Kier alpha value is -2.43. The monoisotopic (exact) mass is 264 g/mol. The van der Waals surface area contributed by atoms with Crippen molar-refractivity contribution in [2.24, 2.45) is 0 Å². The molecule has 0 atom stereocenters. The molecule has 0 heterocycles. The van der Waals surface area contributed by atoms with E-state index in [1.165, 1.54) is 24.3 Å². The van der Waals surface area contributed by atoms with Crippen LogP contribution >= 0.6 is 0 Å². The van der Waals surface area contributed by atoms with Crippen molar-refractivity contribution in [1.82, 2.24) is 0 Å². The molecule has 0 unspecified atom stereocenters. The van der Waals surface area contributed by atoms with Crippen LogP contribution < -0.4 is 4.74 Å². The third kappa shape index (κ3) is 2.88. The van der Waals surface area contributed by atoms with Gasteiger partial charge in [0, 0.05) is 6.07 Å². The minimum absolute atomic E-state index is 0.0535. The van der Waals surface area contributed by atoms with Crippen molar-refractivity contribution in [2.75, 3.05) is 0 Å². The van der Waals surface area contributed by atoms with Gasteiger partial charge in [-0.3, -0.25) is 0 Å². The molecule has 0 aliphatic rings. The van der Waals surface area contributed by atoms with E-state index in [0.717, 1.165) is 12.1 Å². The molecule has 2 aromatic rings. The van der Waals surface area contributed by atoms with E-state index in [1.807, 2.05) is 0 Å². The van der Waals surface area contributed by atoms with Crippen LogP contribution in [0.2, 0.25) is 0 Å². The van der Waals surface area contributed by atoms with E-state index in [0.29, 0.717) is 5.56 Å². The summed E-state index contributed by atoms with van der Waals surface area (Å²) >= 11 is 0. The van der Waals surface area contributed by atoms with E-state index in [2.05, 4.69) is 0 Å². The molecule has 1 N–H and O–H groups in total. The summed E-state index contributed by atoms with van der Waals surface area (Å²) in [6.45, 7) is 1.57. The third-order valence-electron chi connectivity index (χ3n) is 2.53. The van der Waals surface area contributed by atoms with Gasteiger partial charge in [0.15, 0.2) is 11.6 Å². The normalized spacial score (nSPS) is 10.3. The highest BCUT2D eigenvalue weighted by atomic mass is 19.2. The lowest BCUT2D eigenvalue weighted by Crippen LogP contribution is -1.97. The molecule has 0 amide bonds. The molecule has 0 aliphatic carbocycles. The number of rotatable bonds is 3. The lowest BCUT2D eigenvalue weighted by molar-refractivity contribution is 0.0696. The first-order chi connectivity index (χ1) is 8.97. The van der Waals surface area contributed by atoms with Gasteiger partial charge in [-0.2, -0.15) is 0 Å². The van der Waals surface area contributed by atoms with E-state index < -0.39 is 17.6 Å². The molecule has 0 fully saturated rings. The van der Waals surface area contributed by atoms with Gasteiger partial charge in [-0.1, -0.05) is 6.07 Å². The zero-order valence-corrected chi connectivity index (χ0v) is 9.98. The van der Waals surface area contributed by atoms with E-state index in [-0.39, 0.29) is 17.1 Å². The molecule has 5 heteroatoms. The molecule has 19 heavy (non-hydrogen) atoms. The van der Waals surface area contributed by atoms with Gasteiger partial charge in [0.05, 0.1) is 5.56 Å². The highest BCUT2D eigenvalue weighted by Crippen LogP contribution is 2.27. The largest absolute Gasteiger partial charge is 0.478 e. The quantitative estimate of drug-likeness (QED) is 0.918. The maximum absolute atomic E-state index is 13.1. The van der Waals surface area contributed by atoms with Gasteiger partial charge in [-0.25, -0.2) is 13.6 Å². The van der Waals surface area contributed by atoms with Crippen LogP contribution in [0.3, 0.4) is 0 Å². The summed E-state index contributed by atoms with van der Waals surface area (Å²) in [5, 5.41) is 8.85.